The first-order chi connectivity index (χ1) is 12.6. The first-order valence-electron chi connectivity index (χ1n) is 7.99. The van der Waals surface area contributed by atoms with Crippen LogP contribution in [0.4, 0.5) is 11.4 Å². The fourth-order valence-corrected chi connectivity index (χ4v) is 3.37. The number of aryl methyl sites for hydroxylation is 1. The molecule has 130 valence electrons. The second kappa shape index (κ2) is 6.61. The molecule has 0 saturated carbocycles. The van der Waals surface area contributed by atoms with Crippen LogP contribution in [0, 0.1) is 6.92 Å². The van der Waals surface area contributed by atoms with Gasteiger partial charge in [-0.15, -0.1) is 11.3 Å². The highest BCUT2D eigenvalue weighted by Gasteiger charge is 2.17. The lowest BCUT2D eigenvalue weighted by Gasteiger charge is -2.18. The molecule has 2 aromatic carbocycles. The van der Waals surface area contributed by atoms with Crippen molar-refractivity contribution >= 4 is 34.5 Å². The van der Waals surface area contributed by atoms with Gasteiger partial charge in [-0.25, -0.2) is 4.98 Å². The van der Waals surface area contributed by atoms with E-state index in [1.54, 1.807) is 23.6 Å². The Hall–Kier alpha value is -3.19. The minimum atomic E-state index is -0.303. The highest BCUT2D eigenvalue weighted by Crippen LogP contribution is 2.31. The van der Waals surface area contributed by atoms with Crippen LogP contribution in [0.5, 0.6) is 5.75 Å². The van der Waals surface area contributed by atoms with Crippen molar-refractivity contribution in [2.75, 3.05) is 17.2 Å². The number of benzene rings is 2. The topological polar surface area (TPSA) is 80.3 Å². The van der Waals surface area contributed by atoms with E-state index in [1.165, 1.54) is 16.9 Å². The maximum absolute atomic E-state index is 12.5. The SMILES string of the molecule is Cc1ccc(-c2nc(C(=O)Nc3ccc4c(c3)NC(=O)CO4)cs2)cc1. The molecule has 1 aromatic heterocycles. The smallest absolute Gasteiger partial charge is 0.275 e. The zero-order chi connectivity index (χ0) is 18.1. The number of rotatable bonds is 3. The van der Waals surface area contributed by atoms with E-state index < -0.39 is 0 Å². The van der Waals surface area contributed by atoms with Gasteiger partial charge in [-0.1, -0.05) is 29.8 Å². The van der Waals surface area contributed by atoms with Crippen LogP contribution in [0.2, 0.25) is 0 Å². The Bertz CT molecular complexity index is 996. The zero-order valence-electron chi connectivity index (χ0n) is 13.9. The minimum absolute atomic E-state index is 0.000678. The monoisotopic (exact) mass is 365 g/mol. The highest BCUT2D eigenvalue weighted by molar-refractivity contribution is 7.13. The van der Waals surface area contributed by atoms with Crippen LogP contribution in [0.1, 0.15) is 16.1 Å². The maximum Gasteiger partial charge on any atom is 0.275 e. The first kappa shape index (κ1) is 16.3. The first-order valence-corrected chi connectivity index (χ1v) is 8.87. The van der Waals surface area contributed by atoms with Crippen molar-refractivity contribution in [1.82, 2.24) is 4.98 Å². The van der Waals surface area contributed by atoms with Crippen molar-refractivity contribution in [2.45, 2.75) is 6.92 Å². The molecule has 7 heteroatoms. The van der Waals surface area contributed by atoms with Crippen molar-refractivity contribution in [3.05, 3.63) is 59.1 Å². The molecule has 2 N–H and O–H groups in total. The Kier molecular flexibility index (Phi) is 4.14. The number of hydrogen-bond donors (Lipinski definition) is 2. The van der Waals surface area contributed by atoms with Crippen LogP contribution in [-0.2, 0) is 4.79 Å². The average Bonchev–Trinajstić information content (AvgIpc) is 3.12. The van der Waals surface area contributed by atoms with Crippen LogP contribution >= 0.6 is 11.3 Å². The molecule has 0 atom stereocenters. The molecule has 2 heterocycles. The second-order valence-electron chi connectivity index (χ2n) is 5.91. The van der Waals surface area contributed by atoms with Gasteiger partial charge < -0.3 is 15.4 Å². The van der Waals surface area contributed by atoms with Gasteiger partial charge in [-0.2, -0.15) is 0 Å². The number of nitrogens with zero attached hydrogens (tertiary/aromatic N) is 1. The van der Waals surface area contributed by atoms with Gasteiger partial charge in [0.1, 0.15) is 16.5 Å². The molecule has 0 fully saturated rings. The summed E-state index contributed by atoms with van der Waals surface area (Å²) in [5.41, 5.74) is 3.60. The number of hydrogen-bond acceptors (Lipinski definition) is 5. The van der Waals surface area contributed by atoms with Crippen LogP contribution in [0.15, 0.2) is 47.8 Å². The summed E-state index contributed by atoms with van der Waals surface area (Å²) < 4.78 is 5.31. The van der Waals surface area contributed by atoms with Gasteiger partial charge in [0.2, 0.25) is 0 Å². The molecule has 26 heavy (non-hydrogen) atoms. The molecule has 1 aliphatic rings. The highest BCUT2D eigenvalue weighted by atomic mass is 32.1. The molecule has 2 amide bonds. The van der Waals surface area contributed by atoms with Crippen LogP contribution < -0.4 is 15.4 Å². The summed E-state index contributed by atoms with van der Waals surface area (Å²) in [5.74, 6) is 0.0590. The summed E-state index contributed by atoms with van der Waals surface area (Å²) in [6.07, 6.45) is 0. The van der Waals surface area contributed by atoms with Crippen molar-refractivity contribution in [1.29, 1.82) is 0 Å². The number of amides is 2. The Morgan fingerprint density at radius 1 is 1.23 bits per heavy atom. The molecule has 0 aliphatic carbocycles. The standard InChI is InChI=1S/C19H15N3O3S/c1-11-2-4-12(5-3-11)19-22-15(10-26-19)18(24)20-13-6-7-16-14(8-13)21-17(23)9-25-16/h2-8,10H,9H2,1H3,(H,20,24)(H,21,23). The molecular formula is C19H15N3O3S. The largest absolute Gasteiger partial charge is 0.482 e. The maximum atomic E-state index is 12.5. The summed E-state index contributed by atoms with van der Waals surface area (Å²) in [7, 11) is 0. The Morgan fingerprint density at radius 3 is 2.85 bits per heavy atom. The van der Waals surface area contributed by atoms with E-state index >= 15 is 0 Å². The number of carbonyl (C=O) groups is 2. The molecule has 4 rings (SSSR count). The fourth-order valence-electron chi connectivity index (χ4n) is 2.56. The van der Waals surface area contributed by atoms with Gasteiger partial charge in [-0.05, 0) is 25.1 Å². The van der Waals surface area contributed by atoms with Crippen molar-refractivity contribution in [3.8, 4) is 16.3 Å². The van der Waals surface area contributed by atoms with Crippen LogP contribution in [-0.4, -0.2) is 23.4 Å². The number of anilines is 2. The summed E-state index contributed by atoms with van der Waals surface area (Å²) in [4.78, 5) is 28.3. The van der Waals surface area contributed by atoms with Crippen LogP contribution in [0.25, 0.3) is 10.6 Å². The molecular weight excluding hydrogens is 350 g/mol. The number of carbonyl (C=O) groups excluding carboxylic acids is 2. The van der Waals surface area contributed by atoms with Gasteiger partial charge in [0.05, 0.1) is 5.69 Å². The van der Waals surface area contributed by atoms with Crippen LogP contribution in [0.3, 0.4) is 0 Å². The van der Waals surface area contributed by atoms with E-state index in [1.807, 2.05) is 31.2 Å². The predicted octanol–water partition coefficient (Wildman–Crippen LogP) is 3.70. The third-order valence-corrected chi connectivity index (χ3v) is 4.80. The number of ether oxygens (including phenoxy) is 1. The van der Waals surface area contributed by atoms with E-state index in [2.05, 4.69) is 15.6 Å². The van der Waals surface area contributed by atoms with E-state index in [0.29, 0.717) is 22.8 Å². The zero-order valence-corrected chi connectivity index (χ0v) is 14.7. The van der Waals surface area contributed by atoms with Gasteiger partial charge in [-0.3, -0.25) is 9.59 Å². The Balaban J connectivity index is 1.51. The van der Waals surface area contributed by atoms with E-state index in [4.69, 9.17) is 4.74 Å². The molecule has 0 saturated heterocycles. The fraction of sp³-hybridized carbons (Fsp3) is 0.105. The molecule has 0 spiro atoms. The molecule has 0 radical (unpaired) electrons. The molecule has 1 aliphatic heterocycles. The average molecular weight is 365 g/mol. The Labute approximate surface area is 153 Å². The lowest BCUT2D eigenvalue weighted by atomic mass is 10.2. The lowest BCUT2D eigenvalue weighted by Crippen LogP contribution is -2.25. The Morgan fingerprint density at radius 2 is 2.04 bits per heavy atom. The summed E-state index contributed by atoms with van der Waals surface area (Å²) in [6, 6.07) is 13.1. The predicted molar refractivity (Wildman–Crippen MR) is 101 cm³/mol. The van der Waals surface area contributed by atoms with E-state index in [-0.39, 0.29) is 18.4 Å². The van der Waals surface area contributed by atoms with Gasteiger partial charge >= 0.3 is 0 Å². The molecule has 0 bridgehead atoms. The molecule has 6 nitrogen and oxygen atoms in total. The normalized spacial score (nSPS) is 12.7. The summed E-state index contributed by atoms with van der Waals surface area (Å²) in [5, 5.41) is 8.03. The van der Waals surface area contributed by atoms with Crippen molar-refractivity contribution < 1.29 is 14.3 Å². The summed E-state index contributed by atoms with van der Waals surface area (Å²) in [6.45, 7) is 2.02. The number of nitrogens with one attached hydrogen (secondary N) is 2. The minimum Gasteiger partial charge on any atom is -0.482 e. The van der Waals surface area contributed by atoms with Crippen molar-refractivity contribution in [2.24, 2.45) is 0 Å². The van der Waals surface area contributed by atoms with Gasteiger partial charge in [0.25, 0.3) is 11.8 Å². The van der Waals surface area contributed by atoms with E-state index in [0.717, 1.165) is 10.6 Å². The van der Waals surface area contributed by atoms with Gasteiger partial charge in [0, 0.05) is 16.6 Å². The number of fused-ring (bicyclic) bond motifs is 1. The molecule has 3 aromatic rings. The lowest BCUT2D eigenvalue weighted by molar-refractivity contribution is -0.118. The van der Waals surface area contributed by atoms with Gasteiger partial charge in [0.15, 0.2) is 6.61 Å². The third kappa shape index (κ3) is 3.29. The quantitative estimate of drug-likeness (QED) is 0.742. The summed E-state index contributed by atoms with van der Waals surface area (Å²) >= 11 is 1.42. The number of thiazole rings is 1. The van der Waals surface area contributed by atoms with Crippen molar-refractivity contribution in [3.63, 3.8) is 0 Å². The van der Waals surface area contributed by atoms with E-state index in [9.17, 15) is 9.59 Å². The third-order valence-electron chi connectivity index (χ3n) is 3.91. The second-order valence-corrected chi connectivity index (χ2v) is 6.76. The molecule has 0 unspecified atom stereocenters. The number of aromatic nitrogens is 1.